The molecule has 0 amide bonds. The molecule has 0 aliphatic carbocycles. The maximum atomic E-state index is 13.6. The second-order valence-electron chi connectivity index (χ2n) is 10.2. The van der Waals surface area contributed by atoms with Gasteiger partial charge in [-0.3, -0.25) is 9.59 Å². The second kappa shape index (κ2) is 15.5. The molecule has 0 spiro atoms. The van der Waals surface area contributed by atoms with E-state index in [4.69, 9.17) is 35.7 Å². The number of aromatic nitrogens is 2. The molecule has 2 heterocycles. The number of benzene rings is 3. The lowest BCUT2D eigenvalue weighted by atomic mass is 10.1. The van der Waals surface area contributed by atoms with Crippen molar-refractivity contribution in [3.05, 3.63) is 133 Å². The highest BCUT2D eigenvalue weighted by Crippen LogP contribution is 2.37. The number of carbonyl (C=O) groups is 4. The third kappa shape index (κ3) is 8.11. The zero-order valence-electron chi connectivity index (χ0n) is 24.9. The van der Waals surface area contributed by atoms with E-state index in [2.05, 4.69) is 5.10 Å². The number of hydrogen-bond acceptors (Lipinski definition) is 13. The van der Waals surface area contributed by atoms with Crippen molar-refractivity contribution in [2.45, 2.75) is 29.4 Å². The van der Waals surface area contributed by atoms with Gasteiger partial charge >= 0.3 is 35.3 Å². The lowest BCUT2D eigenvalue weighted by Crippen LogP contribution is -2.43. The van der Waals surface area contributed by atoms with Crippen LogP contribution in [0.4, 0.5) is 5.82 Å². The number of esters is 3. The fourth-order valence-corrected chi connectivity index (χ4v) is 5.76. The van der Waals surface area contributed by atoms with Gasteiger partial charge in [0.2, 0.25) is 6.23 Å². The van der Waals surface area contributed by atoms with Crippen LogP contribution in [0, 0.1) is 10.1 Å². The van der Waals surface area contributed by atoms with E-state index in [1.165, 1.54) is 36.4 Å². The zero-order chi connectivity index (χ0) is 35.1. The summed E-state index contributed by atoms with van der Waals surface area (Å²) >= 11 is 6.66. The van der Waals surface area contributed by atoms with E-state index in [0.717, 1.165) is 0 Å². The predicted octanol–water partition coefficient (Wildman–Crippen LogP) is 4.19. The summed E-state index contributed by atoms with van der Waals surface area (Å²) in [6.07, 6.45) is -6.56. The summed E-state index contributed by atoms with van der Waals surface area (Å²) in [5, 5.41) is 24.2. The Morgan fingerprint density at radius 2 is 1.35 bits per heavy atom. The van der Waals surface area contributed by atoms with Crippen molar-refractivity contribution in [3.8, 4) is 0 Å². The van der Waals surface area contributed by atoms with E-state index in [0.29, 0.717) is 16.4 Å². The quantitative estimate of drug-likeness (QED) is 0.0721. The topological polar surface area (TPSA) is 203 Å². The van der Waals surface area contributed by atoms with Crippen molar-refractivity contribution in [1.29, 1.82) is 0 Å². The Bertz CT molecular complexity index is 1930. The Morgan fingerprint density at radius 3 is 1.84 bits per heavy atom. The van der Waals surface area contributed by atoms with E-state index < -0.39 is 87.0 Å². The standard InChI is InChI=1S/C32H24ClN3O12S/c33-23-26(49-17-22(37)38)27(36(43)44)34-35(28(23)39)29-25(48-32(42)20-14-8-3-9-15-20)24(47-31(41)19-12-6-2-7-13-19)21(46-29)16-45-30(40)18-10-4-1-5-11-18/h1-15,21,24-25,29H,16-17H2,(H,37,38)/t21-,24-,25-,29-/m1/s1. The second-order valence-corrected chi connectivity index (χ2v) is 11.5. The summed E-state index contributed by atoms with van der Waals surface area (Å²) < 4.78 is 23.4. The monoisotopic (exact) mass is 709 g/mol. The van der Waals surface area contributed by atoms with Crippen LogP contribution < -0.4 is 5.56 Å². The molecule has 17 heteroatoms. The van der Waals surface area contributed by atoms with Crippen LogP contribution in [0.1, 0.15) is 37.3 Å². The number of carboxylic acids is 1. The molecule has 4 aromatic rings. The average Bonchev–Trinajstić information content (AvgIpc) is 3.44. The molecule has 0 unspecified atom stereocenters. The summed E-state index contributed by atoms with van der Waals surface area (Å²) in [4.78, 5) is 74.8. The Kier molecular flexibility index (Phi) is 11.0. The zero-order valence-corrected chi connectivity index (χ0v) is 26.5. The number of thioether (sulfide) groups is 1. The van der Waals surface area contributed by atoms with E-state index in [-0.39, 0.29) is 16.7 Å². The Hall–Kier alpha value is -5.58. The first-order valence-corrected chi connectivity index (χ1v) is 15.6. The van der Waals surface area contributed by atoms with Gasteiger partial charge < -0.3 is 34.2 Å². The molecule has 0 bridgehead atoms. The van der Waals surface area contributed by atoms with Crippen molar-refractivity contribution >= 4 is 53.1 Å². The van der Waals surface area contributed by atoms with Gasteiger partial charge in [0.1, 0.15) is 22.6 Å². The van der Waals surface area contributed by atoms with Gasteiger partial charge in [0.15, 0.2) is 12.2 Å². The smallest absolute Gasteiger partial charge is 0.403 e. The average molecular weight is 710 g/mol. The third-order valence-electron chi connectivity index (χ3n) is 6.93. The third-order valence-corrected chi connectivity index (χ3v) is 8.46. The first-order valence-electron chi connectivity index (χ1n) is 14.3. The molecule has 5 rings (SSSR count). The number of halogens is 1. The summed E-state index contributed by atoms with van der Waals surface area (Å²) in [5.41, 5.74) is -0.858. The van der Waals surface area contributed by atoms with Gasteiger partial charge in [0.25, 0.3) is 0 Å². The van der Waals surface area contributed by atoms with Crippen molar-refractivity contribution in [2.24, 2.45) is 0 Å². The lowest BCUT2D eigenvalue weighted by Gasteiger charge is -2.24. The summed E-state index contributed by atoms with van der Waals surface area (Å²) in [7, 11) is 0. The minimum atomic E-state index is -1.83. The molecule has 1 N–H and O–H groups in total. The number of carboxylic acid groups (broad SMARTS) is 1. The van der Waals surface area contributed by atoms with Crippen LogP contribution in [0.5, 0.6) is 0 Å². The number of nitrogens with zero attached hydrogens (tertiary/aromatic N) is 3. The largest absolute Gasteiger partial charge is 0.481 e. The molecule has 1 fully saturated rings. The van der Waals surface area contributed by atoms with Crippen molar-refractivity contribution in [2.75, 3.05) is 12.4 Å². The number of aliphatic carboxylic acids is 1. The molecular formula is C32H24ClN3O12S. The minimum Gasteiger partial charge on any atom is -0.481 e. The highest BCUT2D eigenvalue weighted by Gasteiger charge is 2.54. The molecule has 1 aliphatic heterocycles. The van der Waals surface area contributed by atoms with Gasteiger partial charge in [0, 0.05) is 0 Å². The Morgan fingerprint density at radius 1 is 0.857 bits per heavy atom. The van der Waals surface area contributed by atoms with Gasteiger partial charge in [-0.1, -0.05) is 70.9 Å². The van der Waals surface area contributed by atoms with Gasteiger partial charge in [-0.15, -0.1) is 11.8 Å². The van der Waals surface area contributed by atoms with Gasteiger partial charge in [-0.2, -0.15) is 0 Å². The summed E-state index contributed by atoms with van der Waals surface area (Å²) in [5.74, 6) is -5.67. The maximum Gasteiger partial charge on any atom is 0.403 e. The van der Waals surface area contributed by atoms with Gasteiger partial charge in [-0.05, 0) is 41.3 Å². The molecule has 3 aromatic carbocycles. The lowest BCUT2D eigenvalue weighted by molar-refractivity contribution is -0.394. The van der Waals surface area contributed by atoms with E-state index in [1.807, 2.05) is 0 Å². The molecule has 1 aromatic heterocycles. The van der Waals surface area contributed by atoms with Crippen LogP contribution in [0.2, 0.25) is 5.02 Å². The highest BCUT2D eigenvalue weighted by molar-refractivity contribution is 8.00. The molecule has 0 saturated carbocycles. The molecule has 4 atom stereocenters. The fourth-order valence-electron chi connectivity index (χ4n) is 4.70. The van der Waals surface area contributed by atoms with Crippen LogP contribution >= 0.6 is 23.4 Å². The van der Waals surface area contributed by atoms with Crippen molar-refractivity contribution < 1.29 is 48.2 Å². The van der Waals surface area contributed by atoms with Crippen LogP contribution in [0.15, 0.2) is 101 Å². The maximum absolute atomic E-state index is 13.6. The number of ether oxygens (including phenoxy) is 4. The summed E-state index contributed by atoms with van der Waals surface area (Å²) in [6.45, 7) is -0.604. The predicted molar refractivity (Wildman–Crippen MR) is 170 cm³/mol. The summed E-state index contributed by atoms with van der Waals surface area (Å²) in [6, 6.07) is 23.2. The minimum absolute atomic E-state index is 0.0538. The van der Waals surface area contributed by atoms with Crippen LogP contribution in [-0.4, -0.2) is 74.4 Å². The molecule has 1 saturated heterocycles. The molecule has 15 nitrogen and oxygen atoms in total. The Balaban J connectivity index is 1.59. The molecule has 49 heavy (non-hydrogen) atoms. The van der Waals surface area contributed by atoms with E-state index in [1.54, 1.807) is 54.6 Å². The van der Waals surface area contributed by atoms with Crippen molar-refractivity contribution in [3.63, 3.8) is 0 Å². The number of rotatable bonds is 12. The highest BCUT2D eigenvalue weighted by atomic mass is 35.5. The van der Waals surface area contributed by atoms with Gasteiger partial charge in [-0.25, -0.2) is 14.4 Å². The molecule has 0 radical (unpaired) electrons. The van der Waals surface area contributed by atoms with Crippen LogP contribution in [-0.2, 0) is 23.7 Å². The van der Waals surface area contributed by atoms with Crippen molar-refractivity contribution in [1.82, 2.24) is 9.78 Å². The first kappa shape index (κ1) is 34.7. The first-order chi connectivity index (χ1) is 23.5. The Labute approximate surface area is 285 Å². The molecule has 252 valence electrons. The van der Waals surface area contributed by atoms with Crippen LogP contribution in [0.3, 0.4) is 0 Å². The SMILES string of the molecule is O=C(O)CSc1c([N+](=O)[O-])nn([C@@H]2O[C@H](COC(=O)c3ccccc3)[C@@H](OC(=O)c3ccccc3)[C@H]2OC(=O)c2ccccc2)c(=O)c1Cl. The van der Waals surface area contributed by atoms with Gasteiger partial charge in [0.05, 0.1) is 27.5 Å². The molecule has 1 aliphatic rings. The molecular weight excluding hydrogens is 686 g/mol. The van der Waals surface area contributed by atoms with E-state index in [9.17, 15) is 34.1 Å². The normalized spacial score (nSPS) is 18.3. The fraction of sp³-hybridized carbons (Fsp3) is 0.188. The van der Waals surface area contributed by atoms with Crippen LogP contribution in [0.25, 0.3) is 0 Å². The number of carbonyl (C=O) groups excluding carboxylic acids is 3. The number of hydrogen-bond donors (Lipinski definition) is 1. The number of nitro groups is 1. The van der Waals surface area contributed by atoms with E-state index >= 15 is 0 Å².